The lowest BCUT2D eigenvalue weighted by Crippen LogP contribution is -2.29. The molecule has 2 unspecified atom stereocenters. The second-order valence-corrected chi connectivity index (χ2v) is 16.3. The number of ether oxygens (including phenoxy) is 2. The second kappa shape index (κ2) is 43.3. The highest BCUT2D eigenvalue weighted by molar-refractivity contribution is 7.47. The number of carbonyl (C=O) groups excluding carboxylic acids is 2. The Bertz CT molecular complexity index is 1120. The summed E-state index contributed by atoms with van der Waals surface area (Å²) in [6.45, 7) is 3.58. The molecule has 0 aliphatic carbocycles. The summed E-state index contributed by atoms with van der Waals surface area (Å²) in [6.07, 6.45) is 51.0. The van der Waals surface area contributed by atoms with Crippen molar-refractivity contribution in [3.05, 3.63) is 60.8 Å². The van der Waals surface area contributed by atoms with Crippen molar-refractivity contribution < 1.29 is 37.6 Å². The van der Waals surface area contributed by atoms with E-state index in [1.54, 1.807) is 0 Å². The number of rotatable bonds is 42. The lowest BCUT2D eigenvalue weighted by molar-refractivity contribution is -0.161. The van der Waals surface area contributed by atoms with Gasteiger partial charge in [0.2, 0.25) is 0 Å². The largest absolute Gasteiger partial charge is 0.472 e. The monoisotopic (exact) mass is 822 g/mol. The molecule has 0 saturated heterocycles. The lowest BCUT2D eigenvalue weighted by atomic mass is 10.1. The van der Waals surface area contributed by atoms with Gasteiger partial charge in [-0.15, -0.1) is 0 Å². The zero-order chi connectivity index (χ0) is 41.8. The summed E-state index contributed by atoms with van der Waals surface area (Å²) < 4.78 is 32.8. The maximum absolute atomic E-state index is 12.6. The number of carbonyl (C=O) groups is 2. The normalized spacial score (nSPS) is 13.8. The maximum atomic E-state index is 12.6. The third kappa shape index (κ3) is 43.1. The zero-order valence-electron chi connectivity index (χ0n) is 36.3. The molecule has 57 heavy (non-hydrogen) atoms. The SMILES string of the molecule is CC/C=C\C/C=C\C/C=C\CCCCCCCCCC(=O)OC(COC(=O)CCCCCCCCCCC/C=C\C/C=C\CCCCC)COP(=O)(O)OCCN. The molecule has 0 aliphatic rings. The third-order valence-corrected chi connectivity index (χ3v) is 10.4. The van der Waals surface area contributed by atoms with Crippen LogP contribution in [0.25, 0.3) is 0 Å². The maximum Gasteiger partial charge on any atom is 0.472 e. The van der Waals surface area contributed by atoms with E-state index in [-0.39, 0.29) is 38.6 Å². The summed E-state index contributed by atoms with van der Waals surface area (Å²) in [5.41, 5.74) is 5.35. The molecule has 0 radical (unpaired) electrons. The van der Waals surface area contributed by atoms with Gasteiger partial charge in [0.1, 0.15) is 6.61 Å². The van der Waals surface area contributed by atoms with Crippen molar-refractivity contribution in [1.82, 2.24) is 0 Å². The van der Waals surface area contributed by atoms with Gasteiger partial charge in [0.15, 0.2) is 6.10 Å². The van der Waals surface area contributed by atoms with Crippen LogP contribution in [0, 0.1) is 0 Å². The van der Waals surface area contributed by atoms with Gasteiger partial charge in [-0.2, -0.15) is 0 Å². The molecular formula is C47H84NO8P. The van der Waals surface area contributed by atoms with Crippen LogP contribution in [-0.4, -0.2) is 49.3 Å². The van der Waals surface area contributed by atoms with Crippen LogP contribution in [0.3, 0.4) is 0 Å². The van der Waals surface area contributed by atoms with Crippen LogP contribution in [0.4, 0.5) is 0 Å². The van der Waals surface area contributed by atoms with Crippen molar-refractivity contribution in [2.45, 2.75) is 200 Å². The molecule has 0 saturated carbocycles. The first kappa shape index (κ1) is 54.7. The van der Waals surface area contributed by atoms with E-state index in [0.29, 0.717) is 6.42 Å². The number of hydrogen-bond acceptors (Lipinski definition) is 8. The van der Waals surface area contributed by atoms with Gasteiger partial charge >= 0.3 is 19.8 Å². The Kier molecular flexibility index (Phi) is 41.6. The smallest absolute Gasteiger partial charge is 0.462 e. The van der Waals surface area contributed by atoms with E-state index >= 15 is 0 Å². The number of allylic oxidation sites excluding steroid dienone is 10. The molecule has 330 valence electrons. The lowest BCUT2D eigenvalue weighted by Gasteiger charge is -2.19. The van der Waals surface area contributed by atoms with E-state index < -0.39 is 26.5 Å². The molecule has 9 nitrogen and oxygen atoms in total. The van der Waals surface area contributed by atoms with Crippen LogP contribution in [0.15, 0.2) is 60.8 Å². The molecule has 0 fully saturated rings. The van der Waals surface area contributed by atoms with E-state index in [2.05, 4.69) is 74.6 Å². The van der Waals surface area contributed by atoms with Crippen LogP contribution < -0.4 is 5.73 Å². The van der Waals surface area contributed by atoms with Crippen molar-refractivity contribution in [3.63, 3.8) is 0 Å². The number of phosphoric acid groups is 1. The van der Waals surface area contributed by atoms with Gasteiger partial charge in [-0.25, -0.2) is 4.57 Å². The highest BCUT2D eigenvalue weighted by Crippen LogP contribution is 2.43. The summed E-state index contributed by atoms with van der Waals surface area (Å²) >= 11 is 0. The van der Waals surface area contributed by atoms with Gasteiger partial charge in [0.25, 0.3) is 0 Å². The summed E-state index contributed by atoms with van der Waals surface area (Å²) in [5.74, 6) is -0.846. The average molecular weight is 822 g/mol. The third-order valence-electron chi connectivity index (χ3n) is 9.39. The van der Waals surface area contributed by atoms with Crippen LogP contribution in [-0.2, 0) is 32.7 Å². The van der Waals surface area contributed by atoms with Crippen LogP contribution >= 0.6 is 7.82 Å². The zero-order valence-corrected chi connectivity index (χ0v) is 37.2. The molecule has 0 aromatic rings. The minimum Gasteiger partial charge on any atom is -0.462 e. The summed E-state index contributed by atoms with van der Waals surface area (Å²) in [5, 5.41) is 0. The van der Waals surface area contributed by atoms with E-state index in [9.17, 15) is 19.0 Å². The van der Waals surface area contributed by atoms with Crippen molar-refractivity contribution >= 4 is 19.8 Å². The van der Waals surface area contributed by atoms with Crippen molar-refractivity contribution in [3.8, 4) is 0 Å². The summed E-state index contributed by atoms with van der Waals surface area (Å²) in [6, 6.07) is 0. The molecule has 0 bridgehead atoms. The minimum absolute atomic E-state index is 0.0486. The van der Waals surface area contributed by atoms with E-state index in [1.807, 2.05) is 0 Å². The summed E-state index contributed by atoms with van der Waals surface area (Å²) in [4.78, 5) is 34.9. The first-order chi connectivity index (χ1) is 27.8. The van der Waals surface area contributed by atoms with Gasteiger partial charge < -0.3 is 20.1 Å². The standard InChI is InChI=1S/C47H84NO8P/c1-3-5-7-9-11-13-15-17-19-21-22-24-25-27-29-31-33-35-37-39-46(49)53-43-45(44-55-57(51,52)54-42-41-48)56-47(50)40-38-36-34-32-30-28-26-23-20-18-16-14-12-10-8-6-4-2/h6,8,11-14,17-20,45H,3-5,7,9-10,15-16,21-44,48H2,1-2H3,(H,51,52)/b8-6-,13-11-,14-12-,19-17-,20-18-. The number of unbranched alkanes of at least 4 members (excludes halogenated alkanes) is 19. The number of nitrogens with two attached hydrogens (primary N) is 1. The van der Waals surface area contributed by atoms with E-state index in [1.165, 1.54) is 77.0 Å². The molecule has 0 spiro atoms. The molecule has 0 rings (SSSR count). The molecule has 0 aromatic heterocycles. The van der Waals surface area contributed by atoms with Crippen molar-refractivity contribution in [2.24, 2.45) is 5.73 Å². The van der Waals surface area contributed by atoms with Crippen LogP contribution in [0.1, 0.15) is 194 Å². The number of phosphoric ester groups is 1. The van der Waals surface area contributed by atoms with Gasteiger partial charge in [-0.1, -0.05) is 164 Å². The number of hydrogen-bond donors (Lipinski definition) is 2. The summed E-state index contributed by atoms with van der Waals surface area (Å²) in [7, 11) is -4.38. The Labute approximate surface area is 349 Å². The van der Waals surface area contributed by atoms with Crippen molar-refractivity contribution in [2.75, 3.05) is 26.4 Å². The Morgan fingerprint density at radius 2 is 0.965 bits per heavy atom. The number of esters is 2. The first-order valence-electron chi connectivity index (χ1n) is 22.8. The van der Waals surface area contributed by atoms with E-state index in [0.717, 1.165) is 83.5 Å². The second-order valence-electron chi connectivity index (χ2n) is 14.9. The predicted molar refractivity (Wildman–Crippen MR) is 238 cm³/mol. The molecule has 3 N–H and O–H groups in total. The predicted octanol–water partition coefficient (Wildman–Crippen LogP) is 13.3. The van der Waals surface area contributed by atoms with Gasteiger partial charge in [0.05, 0.1) is 13.2 Å². The van der Waals surface area contributed by atoms with Gasteiger partial charge in [-0.3, -0.25) is 18.6 Å². The molecule has 0 heterocycles. The fourth-order valence-electron chi connectivity index (χ4n) is 6.03. The Balaban J connectivity index is 4.14. The molecular weight excluding hydrogens is 737 g/mol. The van der Waals surface area contributed by atoms with Gasteiger partial charge in [0, 0.05) is 19.4 Å². The highest BCUT2D eigenvalue weighted by Gasteiger charge is 2.26. The Hall–Kier alpha value is -2.29. The fourth-order valence-corrected chi connectivity index (χ4v) is 6.80. The Morgan fingerprint density at radius 3 is 1.44 bits per heavy atom. The van der Waals surface area contributed by atoms with Crippen molar-refractivity contribution in [1.29, 1.82) is 0 Å². The molecule has 0 aromatic carbocycles. The molecule has 10 heteroatoms. The van der Waals surface area contributed by atoms with E-state index in [4.69, 9.17) is 24.3 Å². The molecule has 0 amide bonds. The minimum atomic E-state index is -4.38. The average Bonchev–Trinajstić information content (AvgIpc) is 3.20. The topological polar surface area (TPSA) is 134 Å². The first-order valence-corrected chi connectivity index (χ1v) is 24.3. The molecule has 2 atom stereocenters. The Morgan fingerprint density at radius 1 is 0.544 bits per heavy atom. The van der Waals surface area contributed by atoms with Crippen LogP contribution in [0.5, 0.6) is 0 Å². The highest BCUT2D eigenvalue weighted by atomic mass is 31.2. The van der Waals surface area contributed by atoms with Gasteiger partial charge in [-0.05, 0) is 77.0 Å². The quantitative estimate of drug-likeness (QED) is 0.0267. The molecule has 0 aliphatic heterocycles. The van der Waals surface area contributed by atoms with Crippen LogP contribution in [0.2, 0.25) is 0 Å². The fraction of sp³-hybridized carbons (Fsp3) is 0.745.